The predicted octanol–water partition coefficient (Wildman–Crippen LogP) is 0.194. The topological polar surface area (TPSA) is 101 Å². The molecule has 0 saturated heterocycles. The molecular formula is C10H13N3O3S. The lowest BCUT2D eigenvalue weighted by Crippen LogP contribution is -2.28. The summed E-state index contributed by atoms with van der Waals surface area (Å²) < 4.78 is 24.0. The van der Waals surface area contributed by atoms with E-state index in [9.17, 15) is 13.2 Å². The zero-order valence-corrected chi connectivity index (χ0v) is 9.83. The van der Waals surface area contributed by atoms with Gasteiger partial charge < -0.3 is 5.32 Å². The second kappa shape index (κ2) is 4.34. The lowest BCUT2D eigenvalue weighted by molar-refractivity contribution is 0.0952. The van der Waals surface area contributed by atoms with Crippen molar-refractivity contribution in [3.63, 3.8) is 0 Å². The van der Waals surface area contributed by atoms with Gasteiger partial charge in [0.15, 0.2) is 0 Å². The molecule has 6 nitrogen and oxygen atoms in total. The van der Waals surface area contributed by atoms with Crippen molar-refractivity contribution >= 4 is 21.8 Å². The van der Waals surface area contributed by atoms with Crippen LogP contribution in [0.15, 0.2) is 24.3 Å². The average Bonchev–Trinajstić information content (AvgIpc) is 3.00. The molecule has 0 atom stereocenters. The molecule has 0 aliphatic heterocycles. The summed E-state index contributed by atoms with van der Waals surface area (Å²) in [6.07, 6.45) is 1.94. The van der Waals surface area contributed by atoms with E-state index in [4.69, 9.17) is 5.14 Å². The van der Waals surface area contributed by atoms with Crippen LogP contribution in [0.25, 0.3) is 0 Å². The Morgan fingerprint density at radius 1 is 1.29 bits per heavy atom. The molecule has 1 aromatic rings. The lowest BCUT2D eigenvalue weighted by atomic mass is 10.1. The number of anilines is 1. The number of carbonyl (C=O) groups excluding carboxylic acids is 1. The first-order valence-corrected chi connectivity index (χ1v) is 6.71. The van der Waals surface area contributed by atoms with Crippen LogP contribution in [0.4, 0.5) is 5.69 Å². The summed E-state index contributed by atoms with van der Waals surface area (Å²) in [4.78, 5) is 11.8. The molecule has 92 valence electrons. The number of nitrogens with one attached hydrogen (secondary N) is 2. The van der Waals surface area contributed by atoms with Crippen LogP contribution >= 0.6 is 0 Å². The van der Waals surface area contributed by atoms with E-state index < -0.39 is 10.2 Å². The Morgan fingerprint density at radius 2 is 1.94 bits per heavy atom. The molecule has 1 saturated carbocycles. The standard InChI is InChI=1S/C10H13N3O3S/c11-17(15,16)13-9-4-2-1-3-8(9)10(14)12-7-5-6-7/h1-4,7,13H,5-6H2,(H,12,14)(H2,11,15,16). The molecular weight excluding hydrogens is 242 g/mol. The number of nitrogens with two attached hydrogens (primary N) is 1. The minimum absolute atomic E-state index is 0.188. The van der Waals surface area contributed by atoms with E-state index >= 15 is 0 Å². The maximum atomic E-state index is 11.8. The van der Waals surface area contributed by atoms with E-state index in [1.165, 1.54) is 6.07 Å². The van der Waals surface area contributed by atoms with Crippen LogP contribution in [0, 0.1) is 0 Å². The van der Waals surface area contributed by atoms with Crippen molar-refractivity contribution < 1.29 is 13.2 Å². The molecule has 17 heavy (non-hydrogen) atoms. The van der Waals surface area contributed by atoms with Gasteiger partial charge in [-0.1, -0.05) is 12.1 Å². The van der Waals surface area contributed by atoms with Gasteiger partial charge in [-0.2, -0.15) is 8.42 Å². The van der Waals surface area contributed by atoms with E-state index in [-0.39, 0.29) is 23.2 Å². The maximum Gasteiger partial charge on any atom is 0.296 e. The molecule has 0 unspecified atom stereocenters. The summed E-state index contributed by atoms with van der Waals surface area (Å²) >= 11 is 0. The van der Waals surface area contributed by atoms with E-state index in [1.54, 1.807) is 18.2 Å². The third kappa shape index (κ3) is 3.43. The highest BCUT2D eigenvalue weighted by Crippen LogP contribution is 2.21. The van der Waals surface area contributed by atoms with Crippen molar-refractivity contribution in [3.05, 3.63) is 29.8 Å². The highest BCUT2D eigenvalue weighted by Gasteiger charge is 2.25. The van der Waals surface area contributed by atoms with Gasteiger partial charge in [0.05, 0.1) is 11.3 Å². The molecule has 0 bridgehead atoms. The van der Waals surface area contributed by atoms with E-state index in [1.807, 2.05) is 0 Å². The van der Waals surface area contributed by atoms with Crippen LogP contribution in [0.3, 0.4) is 0 Å². The minimum atomic E-state index is -3.88. The fraction of sp³-hybridized carbons (Fsp3) is 0.300. The summed E-state index contributed by atoms with van der Waals surface area (Å²) in [6, 6.07) is 6.54. The Balaban J connectivity index is 2.22. The summed E-state index contributed by atoms with van der Waals surface area (Å²) in [5.41, 5.74) is 0.460. The van der Waals surface area contributed by atoms with Gasteiger partial charge in [0, 0.05) is 6.04 Å². The van der Waals surface area contributed by atoms with Crippen LogP contribution in [0.5, 0.6) is 0 Å². The van der Waals surface area contributed by atoms with E-state index in [0.29, 0.717) is 0 Å². The molecule has 1 aromatic carbocycles. The number of rotatable bonds is 4. The van der Waals surface area contributed by atoms with Crippen molar-refractivity contribution in [2.75, 3.05) is 4.72 Å². The Kier molecular flexibility index (Phi) is 3.03. The first-order valence-electron chi connectivity index (χ1n) is 5.16. The monoisotopic (exact) mass is 255 g/mol. The molecule has 2 rings (SSSR count). The van der Waals surface area contributed by atoms with Gasteiger partial charge in [0.2, 0.25) is 0 Å². The summed E-state index contributed by atoms with van der Waals surface area (Å²) in [5, 5.41) is 7.66. The van der Waals surface area contributed by atoms with Gasteiger partial charge in [-0.05, 0) is 25.0 Å². The molecule has 0 heterocycles. The second-order valence-electron chi connectivity index (χ2n) is 3.94. The minimum Gasteiger partial charge on any atom is -0.349 e. The molecule has 1 aliphatic rings. The molecule has 1 aliphatic carbocycles. The first-order chi connectivity index (χ1) is 7.96. The third-order valence-corrected chi connectivity index (χ3v) is 2.84. The van der Waals surface area contributed by atoms with Crippen molar-refractivity contribution in [2.24, 2.45) is 5.14 Å². The van der Waals surface area contributed by atoms with Crippen LogP contribution < -0.4 is 15.2 Å². The molecule has 1 fully saturated rings. The molecule has 0 radical (unpaired) electrons. The van der Waals surface area contributed by atoms with Gasteiger partial charge in [0.25, 0.3) is 16.1 Å². The van der Waals surface area contributed by atoms with Gasteiger partial charge in [-0.25, -0.2) is 5.14 Å². The maximum absolute atomic E-state index is 11.8. The van der Waals surface area contributed by atoms with Crippen LogP contribution in [-0.2, 0) is 10.2 Å². The lowest BCUT2D eigenvalue weighted by Gasteiger charge is -2.10. The zero-order valence-electron chi connectivity index (χ0n) is 9.01. The summed E-state index contributed by atoms with van der Waals surface area (Å²) in [7, 11) is -3.88. The van der Waals surface area contributed by atoms with Gasteiger partial charge in [-0.3, -0.25) is 9.52 Å². The number of para-hydroxylation sites is 1. The average molecular weight is 255 g/mol. The second-order valence-corrected chi connectivity index (χ2v) is 5.23. The quantitative estimate of drug-likeness (QED) is 0.716. The number of amides is 1. The fourth-order valence-electron chi connectivity index (χ4n) is 1.41. The number of hydrogen-bond donors (Lipinski definition) is 3. The highest BCUT2D eigenvalue weighted by atomic mass is 32.2. The Hall–Kier alpha value is -1.60. The molecule has 0 aromatic heterocycles. The van der Waals surface area contributed by atoms with Gasteiger partial charge in [-0.15, -0.1) is 0 Å². The van der Waals surface area contributed by atoms with E-state index in [2.05, 4.69) is 10.0 Å². The number of benzene rings is 1. The Labute approximate surface area is 99.4 Å². The van der Waals surface area contributed by atoms with Gasteiger partial charge >= 0.3 is 0 Å². The van der Waals surface area contributed by atoms with Gasteiger partial charge in [0.1, 0.15) is 0 Å². The third-order valence-electron chi connectivity index (χ3n) is 2.34. The number of hydrogen-bond acceptors (Lipinski definition) is 3. The molecule has 7 heteroatoms. The fourth-order valence-corrected chi connectivity index (χ4v) is 1.90. The highest BCUT2D eigenvalue weighted by molar-refractivity contribution is 7.90. The summed E-state index contributed by atoms with van der Waals surface area (Å²) in [6.45, 7) is 0. The largest absolute Gasteiger partial charge is 0.349 e. The number of carbonyl (C=O) groups is 1. The van der Waals surface area contributed by atoms with Crippen molar-refractivity contribution in [1.29, 1.82) is 0 Å². The van der Waals surface area contributed by atoms with Crippen LogP contribution in [-0.4, -0.2) is 20.4 Å². The molecule has 1 amide bonds. The molecule has 0 spiro atoms. The SMILES string of the molecule is NS(=O)(=O)Nc1ccccc1C(=O)NC1CC1. The van der Waals surface area contributed by atoms with Crippen LogP contribution in [0.2, 0.25) is 0 Å². The predicted molar refractivity (Wildman–Crippen MR) is 63.7 cm³/mol. The first kappa shape index (κ1) is 11.9. The molecule has 4 N–H and O–H groups in total. The van der Waals surface area contributed by atoms with Crippen molar-refractivity contribution in [2.45, 2.75) is 18.9 Å². The van der Waals surface area contributed by atoms with Crippen LogP contribution in [0.1, 0.15) is 23.2 Å². The normalized spacial score (nSPS) is 15.4. The summed E-state index contributed by atoms with van der Waals surface area (Å²) in [5.74, 6) is -0.292. The van der Waals surface area contributed by atoms with Crippen molar-refractivity contribution in [3.8, 4) is 0 Å². The Bertz CT molecular complexity index is 537. The van der Waals surface area contributed by atoms with E-state index in [0.717, 1.165) is 12.8 Å². The van der Waals surface area contributed by atoms with Crippen molar-refractivity contribution in [1.82, 2.24) is 5.32 Å². The zero-order chi connectivity index (χ0) is 12.5. The smallest absolute Gasteiger partial charge is 0.296 e. The Morgan fingerprint density at radius 3 is 2.53 bits per heavy atom.